The average molecular weight is 372 g/mol. The molecule has 1 N–H and O–H groups in total. The van der Waals surface area contributed by atoms with Crippen LogP contribution in [0.5, 0.6) is 0 Å². The van der Waals surface area contributed by atoms with Crippen molar-refractivity contribution < 1.29 is 9.59 Å². The van der Waals surface area contributed by atoms with E-state index in [-0.39, 0.29) is 18.4 Å². The standard InChI is InChI=1S/C22H33N3O2/c1-16-8-6-9-17(2)22(16)23-20(26)14-24(3)21(27)15-25-13-7-11-18-10-4-5-12-19(18)25/h6,8-9,18-19H,4-5,7,10-15H2,1-3H3,(H,23,26)/t18-,19-/m0/s1. The number of fused-ring (bicyclic) bond motifs is 1. The maximum absolute atomic E-state index is 12.7. The highest BCUT2D eigenvalue weighted by atomic mass is 16.2. The summed E-state index contributed by atoms with van der Waals surface area (Å²) in [5.41, 5.74) is 2.92. The molecule has 0 radical (unpaired) electrons. The summed E-state index contributed by atoms with van der Waals surface area (Å²) in [6.45, 7) is 5.50. The molecule has 5 nitrogen and oxygen atoms in total. The fourth-order valence-corrected chi connectivity index (χ4v) is 4.71. The van der Waals surface area contributed by atoms with E-state index in [1.165, 1.54) is 38.5 Å². The van der Waals surface area contributed by atoms with Crippen LogP contribution in [0.2, 0.25) is 0 Å². The number of anilines is 1. The number of carbonyl (C=O) groups excluding carboxylic acids is 2. The highest BCUT2D eigenvalue weighted by molar-refractivity contribution is 5.95. The van der Waals surface area contributed by atoms with E-state index in [1.807, 2.05) is 32.0 Å². The summed E-state index contributed by atoms with van der Waals surface area (Å²) >= 11 is 0. The maximum Gasteiger partial charge on any atom is 0.243 e. The lowest BCUT2D eigenvalue weighted by molar-refractivity contribution is -0.135. The van der Waals surface area contributed by atoms with Crippen LogP contribution in [-0.4, -0.2) is 54.3 Å². The first-order valence-corrected chi connectivity index (χ1v) is 10.3. The Morgan fingerprint density at radius 2 is 1.78 bits per heavy atom. The Balaban J connectivity index is 1.53. The topological polar surface area (TPSA) is 52.7 Å². The quantitative estimate of drug-likeness (QED) is 0.863. The first-order chi connectivity index (χ1) is 13.0. The molecule has 1 heterocycles. The second-order valence-corrected chi connectivity index (χ2v) is 8.29. The van der Waals surface area contributed by atoms with Gasteiger partial charge in [0.2, 0.25) is 11.8 Å². The Bertz CT molecular complexity index is 666. The summed E-state index contributed by atoms with van der Waals surface area (Å²) in [4.78, 5) is 29.1. The van der Waals surface area contributed by atoms with E-state index < -0.39 is 0 Å². The molecule has 0 spiro atoms. The van der Waals surface area contributed by atoms with Crippen molar-refractivity contribution in [1.29, 1.82) is 0 Å². The smallest absolute Gasteiger partial charge is 0.243 e. The van der Waals surface area contributed by atoms with Crippen LogP contribution in [0.15, 0.2) is 18.2 Å². The summed E-state index contributed by atoms with van der Waals surface area (Å²) in [5.74, 6) is 0.660. The van der Waals surface area contributed by atoms with Crippen molar-refractivity contribution >= 4 is 17.5 Å². The molecule has 0 bridgehead atoms. The minimum atomic E-state index is -0.141. The third-order valence-corrected chi connectivity index (χ3v) is 6.25. The first kappa shape index (κ1) is 19.9. The molecule has 5 heteroatoms. The molecule has 1 aliphatic heterocycles. The number of nitrogens with zero attached hydrogens (tertiary/aromatic N) is 2. The Labute approximate surface area is 163 Å². The number of amides is 2. The molecule has 0 aromatic heterocycles. The van der Waals surface area contributed by atoms with Gasteiger partial charge < -0.3 is 10.2 Å². The van der Waals surface area contributed by atoms with E-state index in [4.69, 9.17) is 0 Å². The summed E-state index contributed by atoms with van der Waals surface area (Å²) in [7, 11) is 1.73. The Kier molecular flexibility index (Phi) is 6.53. The molecule has 2 atom stereocenters. The minimum Gasteiger partial charge on any atom is -0.335 e. The zero-order chi connectivity index (χ0) is 19.4. The summed E-state index contributed by atoms with van der Waals surface area (Å²) in [6.07, 6.45) is 7.63. The Morgan fingerprint density at radius 3 is 2.52 bits per heavy atom. The Hall–Kier alpha value is -1.88. The van der Waals surface area contributed by atoms with Crippen LogP contribution < -0.4 is 5.32 Å². The lowest BCUT2D eigenvalue weighted by Crippen LogP contribution is -2.51. The molecule has 2 fully saturated rings. The molecule has 2 aliphatic rings. The zero-order valence-electron chi connectivity index (χ0n) is 17.0. The highest BCUT2D eigenvalue weighted by Crippen LogP contribution is 2.35. The normalized spacial score (nSPS) is 22.8. The molecule has 3 rings (SSSR count). The average Bonchev–Trinajstić information content (AvgIpc) is 2.65. The van der Waals surface area contributed by atoms with E-state index in [2.05, 4.69) is 10.2 Å². The van der Waals surface area contributed by atoms with Gasteiger partial charge in [0.15, 0.2) is 0 Å². The SMILES string of the molecule is Cc1cccc(C)c1NC(=O)CN(C)C(=O)CN1CCC[C@@H]2CCCC[C@@H]21. The van der Waals surface area contributed by atoms with Crippen LogP contribution in [0, 0.1) is 19.8 Å². The third kappa shape index (κ3) is 4.89. The number of hydrogen-bond acceptors (Lipinski definition) is 3. The molecule has 1 aromatic carbocycles. The van der Waals surface area contributed by atoms with Crippen LogP contribution in [-0.2, 0) is 9.59 Å². The predicted molar refractivity (Wildman–Crippen MR) is 109 cm³/mol. The van der Waals surface area contributed by atoms with Crippen molar-refractivity contribution in [1.82, 2.24) is 9.80 Å². The fraction of sp³-hybridized carbons (Fsp3) is 0.636. The van der Waals surface area contributed by atoms with Gasteiger partial charge in [-0.05, 0) is 63.1 Å². The molecular formula is C22H33N3O2. The summed E-state index contributed by atoms with van der Waals surface area (Å²) in [6, 6.07) is 6.50. The van der Waals surface area contributed by atoms with Gasteiger partial charge in [-0.2, -0.15) is 0 Å². The van der Waals surface area contributed by atoms with Crippen molar-refractivity contribution in [2.45, 2.75) is 58.4 Å². The second-order valence-electron chi connectivity index (χ2n) is 8.29. The van der Waals surface area contributed by atoms with Gasteiger partial charge in [-0.25, -0.2) is 0 Å². The zero-order valence-corrected chi connectivity index (χ0v) is 17.0. The van der Waals surface area contributed by atoms with Crippen molar-refractivity contribution in [3.8, 4) is 0 Å². The lowest BCUT2D eigenvalue weighted by atomic mass is 9.78. The molecular weight excluding hydrogens is 338 g/mol. The molecule has 2 amide bonds. The van der Waals surface area contributed by atoms with Crippen LogP contribution in [0.25, 0.3) is 0 Å². The number of piperidine rings is 1. The van der Waals surface area contributed by atoms with Gasteiger partial charge in [0.1, 0.15) is 0 Å². The fourth-order valence-electron chi connectivity index (χ4n) is 4.71. The van der Waals surface area contributed by atoms with Crippen LogP contribution in [0.4, 0.5) is 5.69 Å². The van der Waals surface area contributed by atoms with Gasteiger partial charge in [-0.1, -0.05) is 31.0 Å². The van der Waals surface area contributed by atoms with Crippen molar-refractivity contribution in [3.05, 3.63) is 29.3 Å². The number of hydrogen-bond donors (Lipinski definition) is 1. The minimum absolute atomic E-state index is 0.0397. The molecule has 0 unspecified atom stereocenters. The number of benzene rings is 1. The lowest BCUT2D eigenvalue weighted by Gasteiger charge is -2.44. The third-order valence-electron chi connectivity index (χ3n) is 6.25. The maximum atomic E-state index is 12.7. The van der Waals surface area contributed by atoms with E-state index in [1.54, 1.807) is 11.9 Å². The number of rotatable bonds is 5. The largest absolute Gasteiger partial charge is 0.335 e. The van der Waals surface area contributed by atoms with Gasteiger partial charge >= 0.3 is 0 Å². The van der Waals surface area contributed by atoms with Gasteiger partial charge in [0.05, 0.1) is 13.1 Å². The van der Waals surface area contributed by atoms with E-state index in [9.17, 15) is 9.59 Å². The second kappa shape index (κ2) is 8.87. The number of nitrogens with one attached hydrogen (secondary N) is 1. The Morgan fingerprint density at radius 1 is 1.11 bits per heavy atom. The summed E-state index contributed by atoms with van der Waals surface area (Å²) < 4.78 is 0. The number of carbonyl (C=O) groups is 2. The number of likely N-dealkylation sites (tertiary alicyclic amines) is 1. The number of aryl methyl sites for hydroxylation is 2. The monoisotopic (exact) mass is 371 g/mol. The van der Waals surface area contributed by atoms with E-state index in [0.29, 0.717) is 12.6 Å². The number of para-hydroxylation sites is 1. The molecule has 27 heavy (non-hydrogen) atoms. The summed E-state index contributed by atoms with van der Waals surface area (Å²) in [5, 5.41) is 2.97. The van der Waals surface area contributed by atoms with Gasteiger partial charge in [-0.15, -0.1) is 0 Å². The van der Waals surface area contributed by atoms with Crippen molar-refractivity contribution in [3.63, 3.8) is 0 Å². The van der Waals surface area contributed by atoms with E-state index in [0.717, 1.165) is 29.3 Å². The molecule has 1 saturated heterocycles. The number of likely N-dealkylation sites (N-methyl/N-ethyl adjacent to an activating group) is 1. The van der Waals surface area contributed by atoms with Gasteiger partial charge in [0, 0.05) is 18.8 Å². The van der Waals surface area contributed by atoms with Crippen LogP contribution >= 0.6 is 0 Å². The van der Waals surface area contributed by atoms with Crippen molar-refractivity contribution in [2.75, 3.05) is 32.0 Å². The highest BCUT2D eigenvalue weighted by Gasteiger charge is 2.34. The molecule has 148 valence electrons. The first-order valence-electron chi connectivity index (χ1n) is 10.3. The molecule has 1 aliphatic carbocycles. The van der Waals surface area contributed by atoms with Crippen LogP contribution in [0.1, 0.15) is 49.7 Å². The van der Waals surface area contributed by atoms with E-state index >= 15 is 0 Å². The van der Waals surface area contributed by atoms with Gasteiger partial charge in [-0.3, -0.25) is 14.5 Å². The van der Waals surface area contributed by atoms with Gasteiger partial charge in [0.25, 0.3) is 0 Å². The molecule has 1 saturated carbocycles. The molecule has 1 aromatic rings. The van der Waals surface area contributed by atoms with Crippen molar-refractivity contribution in [2.24, 2.45) is 5.92 Å². The van der Waals surface area contributed by atoms with Crippen LogP contribution in [0.3, 0.4) is 0 Å². The predicted octanol–water partition coefficient (Wildman–Crippen LogP) is 3.35.